The van der Waals surface area contributed by atoms with E-state index in [1.165, 1.54) is 0 Å². The minimum atomic E-state index is -0.186. The topological polar surface area (TPSA) is 26.3 Å². The molecule has 2 heteroatoms. The van der Waals surface area contributed by atoms with Crippen LogP contribution in [0.25, 0.3) is 6.08 Å². The van der Waals surface area contributed by atoms with Crippen LogP contribution in [-0.4, -0.2) is 12.4 Å². The Labute approximate surface area is 139 Å². The van der Waals surface area contributed by atoms with Crippen LogP contribution in [0.4, 0.5) is 0 Å². The molecule has 2 aliphatic rings. The zero-order valence-electron chi connectivity index (χ0n) is 14.6. The average molecular weight is 310 g/mol. The van der Waals surface area contributed by atoms with Gasteiger partial charge in [0.05, 0.1) is 0 Å². The zero-order chi connectivity index (χ0) is 16.8. The monoisotopic (exact) mass is 310 g/mol. The van der Waals surface area contributed by atoms with Crippen LogP contribution < -0.4 is 4.74 Å². The minimum Gasteiger partial charge on any atom is -0.489 e. The highest BCUT2D eigenvalue weighted by molar-refractivity contribution is 6.07. The Balaban J connectivity index is 1.83. The van der Waals surface area contributed by atoms with Gasteiger partial charge in [0.25, 0.3) is 0 Å². The molecule has 0 radical (unpaired) electrons. The predicted molar refractivity (Wildman–Crippen MR) is 94.3 cm³/mol. The number of ether oxygens (including phenoxy) is 1. The second-order valence-corrected chi connectivity index (χ2v) is 7.89. The van der Waals surface area contributed by atoms with E-state index >= 15 is 0 Å². The zero-order valence-corrected chi connectivity index (χ0v) is 14.6. The van der Waals surface area contributed by atoms with Crippen LogP contribution in [0.15, 0.2) is 42.0 Å². The van der Waals surface area contributed by atoms with E-state index in [-0.39, 0.29) is 10.8 Å². The summed E-state index contributed by atoms with van der Waals surface area (Å²) in [6.07, 6.45) is 4.23. The van der Waals surface area contributed by atoms with Crippen LogP contribution >= 0.6 is 0 Å². The summed E-state index contributed by atoms with van der Waals surface area (Å²) >= 11 is 0. The van der Waals surface area contributed by atoms with Gasteiger partial charge >= 0.3 is 0 Å². The molecule has 1 aromatic carbocycles. The van der Waals surface area contributed by atoms with E-state index in [0.717, 1.165) is 35.3 Å². The number of fused-ring (bicyclic) bond motifs is 2. The molecule has 2 unspecified atom stereocenters. The van der Waals surface area contributed by atoms with Gasteiger partial charge in [0, 0.05) is 5.41 Å². The maximum atomic E-state index is 12.9. The van der Waals surface area contributed by atoms with E-state index in [4.69, 9.17) is 4.74 Å². The van der Waals surface area contributed by atoms with Crippen molar-refractivity contribution < 1.29 is 9.53 Å². The Morgan fingerprint density at radius 1 is 1.30 bits per heavy atom. The van der Waals surface area contributed by atoms with Gasteiger partial charge in [-0.2, -0.15) is 0 Å². The molecule has 0 aromatic heterocycles. The summed E-state index contributed by atoms with van der Waals surface area (Å²) in [6, 6.07) is 7.96. The number of carbonyl (C=O) groups excluding carboxylic acids is 1. The van der Waals surface area contributed by atoms with Crippen molar-refractivity contribution in [3.05, 3.63) is 47.6 Å². The van der Waals surface area contributed by atoms with Gasteiger partial charge in [0.1, 0.15) is 12.4 Å². The van der Waals surface area contributed by atoms with Crippen LogP contribution in [0.5, 0.6) is 5.75 Å². The first-order valence-electron chi connectivity index (χ1n) is 8.39. The third-order valence-corrected chi connectivity index (χ3v) is 6.05. The molecule has 0 spiro atoms. The van der Waals surface area contributed by atoms with Crippen LogP contribution in [0.2, 0.25) is 0 Å². The summed E-state index contributed by atoms with van der Waals surface area (Å²) in [6.45, 7) is 13.0. The summed E-state index contributed by atoms with van der Waals surface area (Å²) in [5.41, 5.74) is 2.97. The molecule has 0 N–H and O–H groups in total. The molecule has 0 aliphatic heterocycles. The van der Waals surface area contributed by atoms with Crippen molar-refractivity contribution >= 4 is 11.9 Å². The molecule has 2 saturated carbocycles. The number of hydrogen-bond donors (Lipinski definition) is 0. The molecule has 2 nitrogen and oxygen atoms in total. The van der Waals surface area contributed by atoms with Crippen molar-refractivity contribution in [3.63, 3.8) is 0 Å². The lowest BCUT2D eigenvalue weighted by atomic mass is 9.70. The molecule has 2 bridgehead atoms. The Morgan fingerprint density at radius 2 is 1.96 bits per heavy atom. The number of ketones is 1. The van der Waals surface area contributed by atoms with Gasteiger partial charge in [-0.1, -0.05) is 39.5 Å². The first kappa shape index (κ1) is 16.0. The number of rotatable bonds is 4. The van der Waals surface area contributed by atoms with E-state index in [1.807, 2.05) is 31.2 Å². The first-order chi connectivity index (χ1) is 10.8. The Hall–Kier alpha value is -1.83. The average Bonchev–Trinajstić information content (AvgIpc) is 2.80. The summed E-state index contributed by atoms with van der Waals surface area (Å²) in [7, 11) is 0. The molecule has 2 fully saturated rings. The highest BCUT2D eigenvalue weighted by Crippen LogP contribution is 2.65. The molecule has 2 atom stereocenters. The highest BCUT2D eigenvalue weighted by atomic mass is 16.5. The van der Waals surface area contributed by atoms with E-state index in [9.17, 15) is 4.79 Å². The van der Waals surface area contributed by atoms with E-state index in [1.54, 1.807) is 0 Å². The first-order valence-corrected chi connectivity index (χ1v) is 8.39. The fraction of sp³-hybridized carbons (Fsp3) is 0.476. The normalized spacial score (nSPS) is 30.0. The summed E-state index contributed by atoms with van der Waals surface area (Å²) < 4.78 is 5.62. The van der Waals surface area contributed by atoms with Gasteiger partial charge in [-0.15, -0.1) is 0 Å². The van der Waals surface area contributed by atoms with Gasteiger partial charge in [-0.05, 0) is 66.0 Å². The number of hydrogen-bond acceptors (Lipinski definition) is 2. The smallest absolute Gasteiger partial charge is 0.165 e. The van der Waals surface area contributed by atoms with Crippen molar-refractivity contribution in [2.45, 2.75) is 40.5 Å². The second kappa shape index (κ2) is 5.36. The van der Waals surface area contributed by atoms with E-state index < -0.39 is 0 Å². The standard InChI is InChI=1S/C21H26O2/c1-14(2)13-23-16-8-6-15(7-9-16)12-17-18-10-11-21(5,19(17)22)20(18,3)4/h6-9,12,18H,1,10-11,13H2,2-5H3. The lowest BCUT2D eigenvalue weighted by Gasteiger charge is -2.31. The van der Waals surface area contributed by atoms with E-state index in [0.29, 0.717) is 18.3 Å². The number of benzene rings is 1. The molecule has 2 aliphatic carbocycles. The summed E-state index contributed by atoms with van der Waals surface area (Å²) in [5, 5.41) is 0. The summed E-state index contributed by atoms with van der Waals surface area (Å²) in [4.78, 5) is 12.9. The van der Waals surface area contributed by atoms with Gasteiger partial charge in [-0.25, -0.2) is 0 Å². The number of Topliss-reactive ketones (excluding diaryl/α,β-unsaturated/α-hetero) is 1. The molecule has 1 aromatic rings. The minimum absolute atomic E-state index is 0.0699. The third-order valence-electron chi connectivity index (χ3n) is 6.05. The molecule has 23 heavy (non-hydrogen) atoms. The highest BCUT2D eigenvalue weighted by Gasteiger charge is 2.63. The maximum Gasteiger partial charge on any atom is 0.165 e. The largest absolute Gasteiger partial charge is 0.489 e. The summed E-state index contributed by atoms with van der Waals surface area (Å²) in [5.74, 6) is 1.57. The molecular weight excluding hydrogens is 284 g/mol. The quantitative estimate of drug-likeness (QED) is 0.574. The van der Waals surface area contributed by atoms with Crippen LogP contribution in [-0.2, 0) is 4.79 Å². The SMILES string of the molecule is C=C(C)COc1ccc(C=C2C(=O)C3(C)CCC2C3(C)C)cc1. The van der Waals surface area contributed by atoms with Crippen molar-refractivity contribution in [1.29, 1.82) is 0 Å². The van der Waals surface area contributed by atoms with Gasteiger partial charge in [0.15, 0.2) is 5.78 Å². The van der Waals surface area contributed by atoms with Crippen LogP contribution in [0.3, 0.4) is 0 Å². The Kier molecular flexibility index (Phi) is 3.74. The van der Waals surface area contributed by atoms with Gasteiger partial charge in [-0.3, -0.25) is 4.79 Å². The Bertz CT molecular complexity index is 678. The third kappa shape index (κ3) is 2.45. The lowest BCUT2D eigenvalue weighted by Crippen LogP contribution is -2.32. The molecule has 0 saturated heterocycles. The van der Waals surface area contributed by atoms with E-state index in [2.05, 4.69) is 33.4 Å². The maximum absolute atomic E-state index is 12.9. The van der Waals surface area contributed by atoms with Crippen molar-refractivity contribution in [3.8, 4) is 5.75 Å². The van der Waals surface area contributed by atoms with Crippen molar-refractivity contribution in [2.24, 2.45) is 16.7 Å². The van der Waals surface area contributed by atoms with Gasteiger partial charge in [0.2, 0.25) is 0 Å². The molecular formula is C21H26O2. The van der Waals surface area contributed by atoms with Gasteiger partial charge < -0.3 is 4.74 Å². The lowest BCUT2D eigenvalue weighted by molar-refractivity contribution is -0.125. The Morgan fingerprint density at radius 3 is 2.48 bits per heavy atom. The molecule has 3 rings (SSSR count). The molecule has 0 amide bonds. The van der Waals surface area contributed by atoms with Crippen LogP contribution in [0.1, 0.15) is 46.1 Å². The molecule has 122 valence electrons. The molecule has 0 heterocycles. The predicted octanol–water partition coefficient (Wildman–Crippen LogP) is 5.05. The fourth-order valence-corrected chi connectivity index (χ4v) is 4.14. The number of carbonyl (C=O) groups is 1. The fourth-order valence-electron chi connectivity index (χ4n) is 4.14. The number of allylic oxidation sites excluding steroid dienone is 1. The van der Waals surface area contributed by atoms with Crippen LogP contribution in [0, 0.1) is 16.7 Å². The van der Waals surface area contributed by atoms with Crippen molar-refractivity contribution in [1.82, 2.24) is 0 Å². The van der Waals surface area contributed by atoms with Crippen molar-refractivity contribution in [2.75, 3.05) is 6.61 Å². The second-order valence-electron chi connectivity index (χ2n) is 7.89.